The smallest absolute Gasteiger partial charge is 0.271 e. The number of anilines is 1. The van der Waals surface area contributed by atoms with E-state index in [4.69, 9.17) is 22.4 Å². The Labute approximate surface area is 121 Å². The zero-order chi connectivity index (χ0) is 14.5. The second-order valence-corrected chi connectivity index (χ2v) is 4.41. The third-order valence-electron chi connectivity index (χ3n) is 2.57. The third kappa shape index (κ3) is 3.35. The van der Waals surface area contributed by atoms with Gasteiger partial charge in [0.05, 0.1) is 18.5 Å². The molecule has 4 N–H and O–H groups in total. The summed E-state index contributed by atoms with van der Waals surface area (Å²) >= 11 is 5.15. The Morgan fingerprint density at radius 2 is 2.40 bits per heavy atom. The molecule has 2 heterocycles. The summed E-state index contributed by atoms with van der Waals surface area (Å²) in [5.41, 5.74) is 5.92. The van der Waals surface area contributed by atoms with Crippen molar-refractivity contribution in [2.24, 2.45) is 5.73 Å². The molecular formula is C12H15N5O2S. The van der Waals surface area contributed by atoms with E-state index in [1.54, 1.807) is 23.2 Å². The number of nitrogens with one attached hydrogen (secondary N) is 2. The molecular weight excluding hydrogens is 278 g/mol. The number of carbonyl (C=O) groups is 1. The van der Waals surface area contributed by atoms with Gasteiger partial charge >= 0.3 is 0 Å². The van der Waals surface area contributed by atoms with Gasteiger partial charge in [-0.15, -0.1) is 0 Å². The third-order valence-corrected chi connectivity index (χ3v) is 2.82. The van der Waals surface area contributed by atoms with E-state index in [0.29, 0.717) is 23.9 Å². The van der Waals surface area contributed by atoms with Gasteiger partial charge in [0.15, 0.2) is 10.8 Å². The number of carbonyl (C=O) groups excluding carboxylic acids is 1. The summed E-state index contributed by atoms with van der Waals surface area (Å²) in [5, 5.41) is 10.3. The quantitative estimate of drug-likeness (QED) is 0.714. The van der Waals surface area contributed by atoms with Crippen molar-refractivity contribution in [1.29, 1.82) is 0 Å². The molecule has 0 unspecified atom stereocenters. The van der Waals surface area contributed by atoms with Gasteiger partial charge in [0.2, 0.25) is 0 Å². The van der Waals surface area contributed by atoms with Crippen LogP contribution in [0.1, 0.15) is 23.2 Å². The van der Waals surface area contributed by atoms with Gasteiger partial charge in [-0.1, -0.05) is 0 Å². The molecule has 0 aromatic carbocycles. The van der Waals surface area contributed by atoms with Crippen molar-refractivity contribution < 1.29 is 9.21 Å². The SMILES string of the molecule is CCn1cc(NC(=S)NCc2ccco2)c(C(N)=O)n1. The highest BCUT2D eigenvalue weighted by Gasteiger charge is 2.14. The number of aryl methyl sites for hydroxylation is 1. The zero-order valence-corrected chi connectivity index (χ0v) is 11.7. The number of rotatable bonds is 5. The highest BCUT2D eigenvalue weighted by molar-refractivity contribution is 7.80. The lowest BCUT2D eigenvalue weighted by atomic mass is 10.3. The lowest BCUT2D eigenvalue weighted by Gasteiger charge is -2.08. The van der Waals surface area contributed by atoms with Crippen molar-refractivity contribution in [3.8, 4) is 0 Å². The van der Waals surface area contributed by atoms with Crippen molar-refractivity contribution in [3.63, 3.8) is 0 Å². The van der Waals surface area contributed by atoms with Crippen molar-refractivity contribution in [2.45, 2.75) is 20.0 Å². The second-order valence-electron chi connectivity index (χ2n) is 4.00. The largest absolute Gasteiger partial charge is 0.467 e. The van der Waals surface area contributed by atoms with Crippen LogP contribution in [0.15, 0.2) is 29.0 Å². The first-order chi connectivity index (χ1) is 9.60. The van der Waals surface area contributed by atoms with Gasteiger partial charge in [0.1, 0.15) is 5.76 Å². The van der Waals surface area contributed by atoms with Crippen LogP contribution in [0.3, 0.4) is 0 Å². The minimum absolute atomic E-state index is 0.161. The molecule has 0 bridgehead atoms. The van der Waals surface area contributed by atoms with Crippen LogP contribution in [-0.2, 0) is 13.1 Å². The molecule has 1 amide bonds. The van der Waals surface area contributed by atoms with Gasteiger partial charge in [-0.05, 0) is 31.3 Å². The molecule has 2 aromatic heterocycles. The Kier molecular flexibility index (Phi) is 4.36. The molecule has 8 heteroatoms. The van der Waals surface area contributed by atoms with E-state index in [2.05, 4.69) is 15.7 Å². The Bertz CT molecular complexity index is 605. The van der Waals surface area contributed by atoms with E-state index in [0.717, 1.165) is 5.76 Å². The molecule has 0 aliphatic carbocycles. The number of nitrogens with zero attached hydrogens (tertiary/aromatic N) is 2. The fraction of sp³-hybridized carbons (Fsp3) is 0.250. The predicted molar refractivity (Wildman–Crippen MR) is 78.2 cm³/mol. The summed E-state index contributed by atoms with van der Waals surface area (Å²) in [6, 6.07) is 3.63. The van der Waals surface area contributed by atoms with Crippen LogP contribution in [0, 0.1) is 0 Å². The van der Waals surface area contributed by atoms with E-state index in [1.807, 2.05) is 13.0 Å². The molecule has 7 nitrogen and oxygen atoms in total. The Hall–Kier alpha value is -2.35. The van der Waals surface area contributed by atoms with Crippen molar-refractivity contribution in [3.05, 3.63) is 36.0 Å². The van der Waals surface area contributed by atoms with E-state index < -0.39 is 5.91 Å². The molecule has 0 fully saturated rings. The van der Waals surface area contributed by atoms with E-state index in [1.165, 1.54) is 0 Å². The second kappa shape index (κ2) is 6.20. The molecule has 106 valence electrons. The number of aromatic nitrogens is 2. The summed E-state index contributed by atoms with van der Waals surface area (Å²) in [6.45, 7) is 3.00. The van der Waals surface area contributed by atoms with Gasteiger partial charge in [0.25, 0.3) is 5.91 Å². The molecule has 0 saturated carbocycles. The minimum Gasteiger partial charge on any atom is -0.467 e. The van der Waals surface area contributed by atoms with Gasteiger partial charge < -0.3 is 20.8 Å². The summed E-state index contributed by atoms with van der Waals surface area (Å²) in [7, 11) is 0. The molecule has 0 aliphatic rings. The predicted octanol–water partition coefficient (Wildman–Crippen LogP) is 1.08. The van der Waals surface area contributed by atoms with Crippen LogP contribution >= 0.6 is 12.2 Å². The van der Waals surface area contributed by atoms with Crippen molar-refractivity contribution in [2.75, 3.05) is 5.32 Å². The number of primary amides is 1. The summed E-state index contributed by atoms with van der Waals surface area (Å²) in [6.07, 6.45) is 3.27. The molecule has 0 spiro atoms. The topological polar surface area (TPSA) is 98.1 Å². The first-order valence-corrected chi connectivity index (χ1v) is 6.45. The molecule has 0 radical (unpaired) electrons. The van der Waals surface area contributed by atoms with Gasteiger partial charge in [-0.2, -0.15) is 5.10 Å². The number of furan rings is 1. The highest BCUT2D eigenvalue weighted by Crippen LogP contribution is 2.13. The van der Waals surface area contributed by atoms with Crippen LogP contribution in [0.4, 0.5) is 5.69 Å². The molecule has 0 aliphatic heterocycles. The normalized spacial score (nSPS) is 10.2. The molecule has 2 rings (SSSR count). The average molecular weight is 293 g/mol. The maximum absolute atomic E-state index is 11.3. The van der Waals surface area contributed by atoms with E-state index in [-0.39, 0.29) is 5.69 Å². The summed E-state index contributed by atoms with van der Waals surface area (Å²) in [5.74, 6) is 0.155. The summed E-state index contributed by atoms with van der Waals surface area (Å²) < 4.78 is 6.79. The van der Waals surface area contributed by atoms with Gasteiger partial charge in [-0.25, -0.2) is 0 Å². The first-order valence-electron chi connectivity index (χ1n) is 6.04. The molecule has 0 atom stereocenters. The van der Waals surface area contributed by atoms with Crippen molar-refractivity contribution >= 4 is 28.9 Å². The lowest BCUT2D eigenvalue weighted by molar-refractivity contribution is 0.0995. The number of amides is 1. The monoisotopic (exact) mass is 293 g/mol. The first kappa shape index (κ1) is 14.1. The standard InChI is InChI=1S/C12H15N5O2S/c1-2-17-7-9(10(16-17)11(13)18)15-12(20)14-6-8-4-3-5-19-8/h3-5,7H,2,6H2,1H3,(H2,13,18)(H2,14,15,20). The van der Waals surface area contributed by atoms with Crippen LogP contribution in [0.5, 0.6) is 0 Å². The summed E-state index contributed by atoms with van der Waals surface area (Å²) in [4.78, 5) is 11.3. The fourth-order valence-corrected chi connectivity index (χ4v) is 1.79. The zero-order valence-electron chi connectivity index (χ0n) is 10.9. The minimum atomic E-state index is -0.603. The van der Waals surface area contributed by atoms with E-state index >= 15 is 0 Å². The Morgan fingerprint density at radius 3 is 3.00 bits per heavy atom. The highest BCUT2D eigenvalue weighted by atomic mass is 32.1. The number of hydrogen-bond donors (Lipinski definition) is 3. The maximum atomic E-state index is 11.3. The van der Waals surface area contributed by atoms with Crippen LogP contribution in [0.2, 0.25) is 0 Å². The molecule has 0 saturated heterocycles. The molecule has 2 aromatic rings. The van der Waals surface area contributed by atoms with Gasteiger partial charge in [0, 0.05) is 12.7 Å². The number of thiocarbonyl (C=S) groups is 1. The van der Waals surface area contributed by atoms with Crippen LogP contribution in [0.25, 0.3) is 0 Å². The van der Waals surface area contributed by atoms with E-state index in [9.17, 15) is 4.79 Å². The van der Waals surface area contributed by atoms with Crippen LogP contribution < -0.4 is 16.4 Å². The van der Waals surface area contributed by atoms with Gasteiger partial charge in [-0.3, -0.25) is 9.48 Å². The Balaban J connectivity index is 1.99. The lowest BCUT2D eigenvalue weighted by Crippen LogP contribution is -2.28. The average Bonchev–Trinajstić information content (AvgIpc) is 3.05. The number of nitrogens with two attached hydrogens (primary N) is 1. The fourth-order valence-electron chi connectivity index (χ4n) is 1.60. The van der Waals surface area contributed by atoms with Crippen LogP contribution in [-0.4, -0.2) is 20.8 Å². The van der Waals surface area contributed by atoms with Crippen molar-refractivity contribution in [1.82, 2.24) is 15.1 Å². The number of hydrogen-bond acceptors (Lipinski definition) is 4. The molecule has 20 heavy (non-hydrogen) atoms. The maximum Gasteiger partial charge on any atom is 0.271 e. The Morgan fingerprint density at radius 1 is 1.60 bits per heavy atom.